The first-order chi connectivity index (χ1) is 10.1. The van der Waals surface area contributed by atoms with Gasteiger partial charge in [0.2, 0.25) is 0 Å². The first-order valence-electron chi connectivity index (χ1n) is 6.90. The van der Waals surface area contributed by atoms with Gasteiger partial charge in [0.25, 0.3) is 0 Å². The van der Waals surface area contributed by atoms with Crippen molar-refractivity contribution < 1.29 is 9.53 Å². The van der Waals surface area contributed by atoms with E-state index in [0.29, 0.717) is 12.2 Å². The highest BCUT2D eigenvalue weighted by Crippen LogP contribution is 2.26. The van der Waals surface area contributed by atoms with Crippen LogP contribution in [-0.2, 0) is 4.74 Å². The van der Waals surface area contributed by atoms with Crippen molar-refractivity contribution in [3.8, 4) is 0 Å². The lowest BCUT2D eigenvalue weighted by atomic mass is 10.1. The molecule has 0 saturated heterocycles. The van der Waals surface area contributed by atoms with Gasteiger partial charge in [-0.15, -0.1) is 0 Å². The Morgan fingerprint density at radius 2 is 2.00 bits per heavy atom. The molecule has 0 aromatic heterocycles. The zero-order valence-corrected chi connectivity index (χ0v) is 12.9. The van der Waals surface area contributed by atoms with Crippen LogP contribution in [0.4, 0.5) is 5.69 Å². The third kappa shape index (κ3) is 3.99. The van der Waals surface area contributed by atoms with E-state index >= 15 is 0 Å². The quantitative estimate of drug-likeness (QED) is 0.814. The average molecular weight is 304 g/mol. The fourth-order valence-corrected chi connectivity index (χ4v) is 2.40. The number of benzene rings is 2. The van der Waals surface area contributed by atoms with Crippen LogP contribution in [0.15, 0.2) is 48.5 Å². The minimum Gasteiger partial charge on any atom is -0.462 e. The molecule has 0 aliphatic rings. The summed E-state index contributed by atoms with van der Waals surface area (Å²) >= 11 is 6.19. The van der Waals surface area contributed by atoms with E-state index < -0.39 is 0 Å². The Morgan fingerprint density at radius 3 is 2.71 bits per heavy atom. The van der Waals surface area contributed by atoms with Crippen molar-refractivity contribution in [2.75, 3.05) is 11.9 Å². The smallest absolute Gasteiger partial charge is 0.338 e. The summed E-state index contributed by atoms with van der Waals surface area (Å²) in [6, 6.07) is 15.0. The summed E-state index contributed by atoms with van der Waals surface area (Å²) < 4.78 is 5.00. The van der Waals surface area contributed by atoms with E-state index in [1.165, 1.54) is 0 Å². The predicted molar refractivity (Wildman–Crippen MR) is 85.9 cm³/mol. The number of hydrogen-bond donors (Lipinski definition) is 1. The number of esters is 1. The number of nitrogens with one attached hydrogen (secondary N) is 1. The van der Waals surface area contributed by atoms with E-state index in [1.54, 1.807) is 19.1 Å². The lowest BCUT2D eigenvalue weighted by Gasteiger charge is -2.17. The Balaban J connectivity index is 2.15. The highest BCUT2D eigenvalue weighted by molar-refractivity contribution is 6.31. The van der Waals surface area contributed by atoms with Crippen molar-refractivity contribution in [2.24, 2.45) is 0 Å². The number of anilines is 1. The van der Waals surface area contributed by atoms with Gasteiger partial charge in [-0.25, -0.2) is 4.79 Å². The van der Waals surface area contributed by atoms with Crippen LogP contribution < -0.4 is 5.32 Å². The fraction of sp³-hybridized carbons (Fsp3) is 0.235. The molecule has 0 aliphatic heterocycles. The Labute approximate surface area is 129 Å². The summed E-state index contributed by atoms with van der Waals surface area (Å²) in [4.78, 5) is 11.7. The molecule has 2 aromatic carbocycles. The summed E-state index contributed by atoms with van der Waals surface area (Å²) in [7, 11) is 0. The lowest BCUT2D eigenvalue weighted by Crippen LogP contribution is -2.09. The molecule has 3 nitrogen and oxygen atoms in total. The van der Waals surface area contributed by atoms with Crippen LogP contribution in [0, 0.1) is 0 Å². The average Bonchev–Trinajstić information content (AvgIpc) is 2.48. The van der Waals surface area contributed by atoms with E-state index in [0.717, 1.165) is 16.3 Å². The molecule has 1 atom stereocenters. The summed E-state index contributed by atoms with van der Waals surface area (Å²) in [5, 5.41) is 4.07. The van der Waals surface area contributed by atoms with Gasteiger partial charge < -0.3 is 10.1 Å². The van der Waals surface area contributed by atoms with Crippen molar-refractivity contribution >= 4 is 23.3 Å². The maximum absolute atomic E-state index is 11.7. The van der Waals surface area contributed by atoms with Gasteiger partial charge in [0.1, 0.15) is 0 Å². The molecule has 0 amide bonds. The predicted octanol–water partition coefficient (Wildman–Crippen LogP) is 4.69. The molecule has 0 aliphatic carbocycles. The largest absolute Gasteiger partial charge is 0.462 e. The second-order valence-corrected chi connectivity index (χ2v) is 5.10. The maximum Gasteiger partial charge on any atom is 0.338 e. The normalized spacial score (nSPS) is 11.8. The van der Waals surface area contributed by atoms with Gasteiger partial charge in [-0.2, -0.15) is 0 Å². The number of carbonyl (C=O) groups excluding carboxylic acids is 1. The van der Waals surface area contributed by atoms with E-state index in [2.05, 4.69) is 5.32 Å². The Bertz CT molecular complexity index is 628. The molecular weight excluding hydrogens is 286 g/mol. The van der Waals surface area contributed by atoms with Gasteiger partial charge in [0, 0.05) is 16.8 Å². The van der Waals surface area contributed by atoms with Crippen LogP contribution in [0.3, 0.4) is 0 Å². The molecule has 2 rings (SSSR count). The van der Waals surface area contributed by atoms with Crippen molar-refractivity contribution in [1.82, 2.24) is 0 Å². The summed E-state index contributed by atoms with van der Waals surface area (Å²) in [6.45, 7) is 4.18. The molecule has 1 N–H and O–H groups in total. The molecule has 4 heteroatoms. The maximum atomic E-state index is 11.7. The molecule has 0 spiro atoms. The number of halogens is 1. The summed E-state index contributed by atoms with van der Waals surface area (Å²) in [6.07, 6.45) is 0. The van der Waals surface area contributed by atoms with Gasteiger partial charge in [0.15, 0.2) is 0 Å². The second kappa shape index (κ2) is 7.14. The van der Waals surface area contributed by atoms with E-state index in [9.17, 15) is 4.79 Å². The van der Waals surface area contributed by atoms with Gasteiger partial charge in [-0.3, -0.25) is 0 Å². The first kappa shape index (κ1) is 15.4. The molecule has 0 fully saturated rings. The zero-order valence-electron chi connectivity index (χ0n) is 12.1. The Morgan fingerprint density at radius 1 is 1.24 bits per heavy atom. The minimum absolute atomic E-state index is 0.0381. The number of ether oxygens (including phenoxy) is 1. The van der Waals surface area contributed by atoms with E-state index in [1.807, 2.05) is 43.3 Å². The topological polar surface area (TPSA) is 38.3 Å². The van der Waals surface area contributed by atoms with Crippen molar-refractivity contribution in [3.05, 3.63) is 64.7 Å². The van der Waals surface area contributed by atoms with Gasteiger partial charge in [-0.1, -0.05) is 35.9 Å². The SMILES string of the molecule is CCOC(=O)c1cccc(NC(C)c2ccccc2Cl)c1. The molecule has 0 bridgehead atoms. The molecule has 0 radical (unpaired) electrons. The Kier molecular flexibility index (Phi) is 5.23. The summed E-state index contributed by atoms with van der Waals surface area (Å²) in [5.74, 6) is -0.313. The number of rotatable bonds is 5. The van der Waals surface area contributed by atoms with E-state index in [4.69, 9.17) is 16.3 Å². The third-order valence-electron chi connectivity index (χ3n) is 3.13. The monoisotopic (exact) mass is 303 g/mol. The van der Waals surface area contributed by atoms with Crippen LogP contribution in [0.1, 0.15) is 35.8 Å². The van der Waals surface area contributed by atoms with Crippen LogP contribution in [0.2, 0.25) is 5.02 Å². The second-order valence-electron chi connectivity index (χ2n) is 4.69. The molecule has 21 heavy (non-hydrogen) atoms. The highest BCUT2D eigenvalue weighted by Gasteiger charge is 2.11. The highest BCUT2D eigenvalue weighted by atomic mass is 35.5. The van der Waals surface area contributed by atoms with Crippen LogP contribution >= 0.6 is 11.6 Å². The number of hydrogen-bond acceptors (Lipinski definition) is 3. The third-order valence-corrected chi connectivity index (χ3v) is 3.47. The lowest BCUT2D eigenvalue weighted by molar-refractivity contribution is 0.0526. The van der Waals surface area contributed by atoms with Crippen LogP contribution in [0.5, 0.6) is 0 Å². The van der Waals surface area contributed by atoms with Crippen LogP contribution in [0.25, 0.3) is 0 Å². The molecule has 110 valence electrons. The van der Waals surface area contributed by atoms with Crippen molar-refractivity contribution in [2.45, 2.75) is 19.9 Å². The van der Waals surface area contributed by atoms with Gasteiger partial charge >= 0.3 is 5.97 Å². The van der Waals surface area contributed by atoms with Crippen LogP contribution in [-0.4, -0.2) is 12.6 Å². The summed E-state index contributed by atoms with van der Waals surface area (Å²) in [5.41, 5.74) is 2.40. The van der Waals surface area contributed by atoms with Crippen molar-refractivity contribution in [1.29, 1.82) is 0 Å². The van der Waals surface area contributed by atoms with Crippen molar-refractivity contribution in [3.63, 3.8) is 0 Å². The minimum atomic E-state index is -0.313. The molecular formula is C17H18ClNO2. The standard InChI is InChI=1S/C17H18ClNO2/c1-3-21-17(20)13-7-6-8-14(11-13)19-12(2)15-9-4-5-10-16(15)18/h4-12,19H,3H2,1-2H3. The molecule has 0 saturated carbocycles. The fourth-order valence-electron chi connectivity index (χ4n) is 2.10. The zero-order chi connectivity index (χ0) is 15.2. The first-order valence-corrected chi connectivity index (χ1v) is 7.27. The van der Waals surface area contributed by atoms with Gasteiger partial charge in [-0.05, 0) is 43.7 Å². The number of carbonyl (C=O) groups is 1. The molecule has 2 aromatic rings. The van der Waals surface area contributed by atoms with E-state index in [-0.39, 0.29) is 12.0 Å². The molecule has 1 unspecified atom stereocenters. The molecule has 0 heterocycles. The van der Waals surface area contributed by atoms with Gasteiger partial charge in [0.05, 0.1) is 12.2 Å². The Hall–Kier alpha value is -2.00.